The molecule has 1 amide bonds. The largest absolute Gasteiger partial charge is 0.508 e. The van der Waals surface area contributed by atoms with Gasteiger partial charge in [-0.15, -0.1) is 0 Å². The number of quaternary nitrogens is 1. The van der Waals surface area contributed by atoms with Crippen molar-refractivity contribution in [2.75, 3.05) is 37.6 Å². The van der Waals surface area contributed by atoms with Crippen molar-refractivity contribution in [3.05, 3.63) is 24.3 Å². The molecule has 22 heavy (non-hydrogen) atoms. The van der Waals surface area contributed by atoms with E-state index in [1.807, 2.05) is 12.1 Å². The molecule has 1 aromatic rings. The van der Waals surface area contributed by atoms with Gasteiger partial charge >= 0.3 is 0 Å². The molecule has 0 unspecified atom stereocenters. The highest BCUT2D eigenvalue weighted by atomic mass is 16.3. The molecule has 0 bridgehead atoms. The number of anilines is 1. The van der Waals surface area contributed by atoms with Gasteiger partial charge < -0.3 is 20.2 Å². The molecule has 1 fully saturated rings. The molecule has 5 heteroatoms. The van der Waals surface area contributed by atoms with E-state index in [1.165, 1.54) is 4.90 Å². The summed E-state index contributed by atoms with van der Waals surface area (Å²) >= 11 is 0. The SMILES string of the molecule is CCC[C@H](C)NC(=O)C[NH+]1CCN(c2ccc(O)cc2)CC1. The third kappa shape index (κ3) is 4.91. The lowest BCUT2D eigenvalue weighted by Gasteiger charge is -2.33. The Hall–Kier alpha value is -1.75. The van der Waals surface area contributed by atoms with Gasteiger partial charge in [0.05, 0.1) is 26.2 Å². The normalized spacial score (nSPS) is 17.3. The number of rotatable bonds is 6. The van der Waals surface area contributed by atoms with Crippen molar-refractivity contribution in [3.63, 3.8) is 0 Å². The Bertz CT molecular complexity index is 467. The zero-order valence-corrected chi connectivity index (χ0v) is 13.6. The van der Waals surface area contributed by atoms with Crippen LogP contribution < -0.4 is 15.1 Å². The van der Waals surface area contributed by atoms with Crippen molar-refractivity contribution < 1.29 is 14.8 Å². The number of nitrogens with one attached hydrogen (secondary N) is 2. The summed E-state index contributed by atoms with van der Waals surface area (Å²) in [5.74, 6) is 0.458. The van der Waals surface area contributed by atoms with E-state index in [9.17, 15) is 9.90 Å². The van der Waals surface area contributed by atoms with Crippen molar-refractivity contribution >= 4 is 11.6 Å². The van der Waals surface area contributed by atoms with Crippen LogP contribution in [0.15, 0.2) is 24.3 Å². The third-order valence-electron chi connectivity index (χ3n) is 4.23. The van der Waals surface area contributed by atoms with E-state index in [0.29, 0.717) is 12.3 Å². The quantitative estimate of drug-likeness (QED) is 0.713. The number of piperazine rings is 1. The minimum absolute atomic E-state index is 0.161. The fraction of sp³-hybridized carbons (Fsp3) is 0.588. The molecule has 5 nitrogen and oxygen atoms in total. The summed E-state index contributed by atoms with van der Waals surface area (Å²) in [5.41, 5.74) is 1.14. The van der Waals surface area contributed by atoms with Crippen molar-refractivity contribution in [2.24, 2.45) is 0 Å². The van der Waals surface area contributed by atoms with Crippen LogP contribution in [0.4, 0.5) is 5.69 Å². The Morgan fingerprint density at radius 3 is 2.55 bits per heavy atom. The maximum absolute atomic E-state index is 12.0. The molecule has 3 N–H and O–H groups in total. The predicted octanol–water partition coefficient (Wildman–Crippen LogP) is 0.402. The first-order chi connectivity index (χ1) is 10.6. The van der Waals surface area contributed by atoms with Crippen molar-refractivity contribution in [1.29, 1.82) is 0 Å². The van der Waals surface area contributed by atoms with Crippen LogP contribution >= 0.6 is 0 Å². The number of phenols is 1. The van der Waals surface area contributed by atoms with Crippen molar-refractivity contribution in [3.8, 4) is 5.75 Å². The van der Waals surface area contributed by atoms with Crippen molar-refractivity contribution in [2.45, 2.75) is 32.7 Å². The molecular weight excluding hydrogens is 278 g/mol. The molecular formula is C17H28N3O2+. The minimum atomic E-state index is 0.161. The molecule has 1 aliphatic heterocycles. The number of hydrogen-bond donors (Lipinski definition) is 3. The highest BCUT2D eigenvalue weighted by molar-refractivity contribution is 5.77. The van der Waals surface area contributed by atoms with Crippen LogP contribution in [0.25, 0.3) is 0 Å². The Kier molecular flexibility index (Phi) is 6.07. The first kappa shape index (κ1) is 16.6. The molecule has 1 saturated heterocycles. The number of amides is 1. The van der Waals surface area contributed by atoms with E-state index in [4.69, 9.17) is 0 Å². The van der Waals surface area contributed by atoms with E-state index in [2.05, 4.69) is 24.1 Å². The second-order valence-electron chi connectivity index (χ2n) is 6.19. The van der Waals surface area contributed by atoms with Gasteiger partial charge in [-0.25, -0.2) is 0 Å². The lowest BCUT2D eigenvalue weighted by molar-refractivity contribution is -0.892. The Morgan fingerprint density at radius 1 is 1.32 bits per heavy atom. The molecule has 2 rings (SSSR count). The number of aromatic hydroxyl groups is 1. The van der Waals surface area contributed by atoms with Gasteiger partial charge in [-0.3, -0.25) is 4.79 Å². The van der Waals surface area contributed by atoms with Gasteiger partial charge in [-0.05, 0) is 37.6 Å². The van der Waals surface area contributed by atoms with Gasteiger partial charge in [-0.2, -0.15) is 0 Å². The zero-order chi connectivity index (χ0) is 15.9. The molecule has 122 valence electrons. The fourth-order valence-corrected chi connectivity index (χ4v) is 2.98. The Morgan fingerprint density at radius 2 is 1.95 bits per heavy atom. The van der Waals surface area contributed by atoms with E-state index in [-0.39, 0.29) is 11.9 Å². The highest BCUT2D eigenvalue weighted by Crippen LogP contribution is 2.17. The second kappa shape index (κ2) is 8.03. The van der Waals surface area contributed by atoms with Gasteiger partial charge in [0.15, 0.2) is 6.54 Å². The van der Waals surface area contributed by atoms with Gasteiger partial charge in [-0.1, -0.05) is 13.3 Å². The first-order valence-electron chi connectivity index (χ1n) is 8.25. The van der Waals surface area contributed by atoms with Crippen LogP contribution in [0.5, 0.6) is 5.75 Å². The zero-order valence-electron chi connectivity index (χ0n) is 13.6. The van der Waals surface area contributed by atoms with Gasteiger partial charge in [0.25, 0.3) is 5.91 Å². The van der Waals surface area contributed by atoms with Crippen LogP contribution in [-0.4, -0.2) is 49.8 Å². The maximum atomic E-state index is 12.0. The molecule has 1 atom stereocenters. The molecule has 0 aromatic heterocycles. The number of benzene rings is 1. The lowest BCUT2D eigenvalue weighted by atomic mass is 10.2. The number of carbonyl (C=O) groups excluding carboxylic acids is 1. The van der Waals surface area contributed by atoms with Crippen LogP contribution in [0.2, 0.25) is 0 Å². The number of carbonyl (C=O) groups is 1. The summed E-state index contributed by atoms with van der Waals surface area (Å²) in [4.78, 5) is 15.7. The number of phenolic OH excluding ortho intramolecular Hbond substituents is 1. The van der Waals surface area contributed by atoms with Crippen LogP contribution in [0, 0.1) is 0 Å². The number of hydrogen-bond acceptors (Lipinski definition) is 3. The summed E-state index contributed by atoms with van der Waals surface area (Å²) in [6.45, 7) is 8.59. The first-order valence-corrected chi connectivity index (χ1v) is 8.25. The monoisotopic (exact) mass is 306 g/mol. The minimum Gasteiger partial charge on any atom is -0.508 e. The van der Waals surface area contributed by atoms with Crippen LogP contribution in [0.3, 0.4) is 0 Å². The highest BCUT2D eigenvalue weighted by Gasteiger charge is 2.22. The van der Waals surface area contributed by atoms with Gasteiger partial charge in [0.1, 0.15) is 5.75 Å². The summed E-state index contributed by atoms with van der Waals surface area (Å²) in [5, 5.41) is 12.4. The molecule has 0 radical (unpaired) electrons. The smallest absolute Gasteiger partial charge is 0.275 e. The molecule has 0 aliphatic carbocycles. The average Bonchev–Trinajstić information content (AvgIpc) is 2.49. The van der Waals surface area contributed by atoms with Crippen LogP contribution in [-0.2, 0) is 4.79 Å². The molecule has 0 saturated carbocycles. The van der Waals surface area contributed by atoms with Gasteiger partial charge in [0, 0.05) is 11.7 Å². The molecule has 0 spiro atoms. The summed E-state index contributed by atoms with van der Waals surface area (Å²) < 4.78 is 0. The van der Waals surface area contributed by atoms with Crippen molar-refractivity contribution in [1.82, 2.24) is 5.32 Å². The van der Waals surface area contributed by atoms with Gasteiger partial charge in [0.2, 0.25) is 0 Å². The average molecular weight is 306 g/mol. The molecule has 1 heterocycles. The maximum Gasteiger partial charge on any atom is 0.275 e. The Balaban J connectivity index is 1.75. The molecule has 1 aromatic carbocycles. The summed E-state index contributed by atoms with van der Waals surface area (Å²) in [6, 6.07) is 7.60. The number of nitrogens with zero attached hydrogens (tertiary/aromatic N) is 1. The summed E-state index contributed by atoms with van der Waals surface area (Å²) in [7, 11) is 0. The van der Waals surface area contributed by atoms with E-state index < -0.39 is 0 Å². The summed E-state index contributed by atoms with van der Waals surface area (Å²) in [6.07, 6.45) is 2.13. The van der Waals surface area contributed by atoms with E-state index >= 15 is 0 Å². The third-order valence-corrected chi connectivity index (χ3v) is 4.23. The lowest BCUT2D eigenvalue weighted by Crippen LogP contribution is -3.16. The predicted molar refractivity (Wildman–Crippen MR) is 88.4 cm³/mol. The molecule has 1 aliphatic rings. The second-order valence-corrected chi connectivity index (χ2v) is 6.19. The topological polar surface area (TPSA) is 57.0 Å². The Labute approximate surface area is 132 Å². The standard InChI is InChI=1S/C17H27N3O2/c1-3-4-14(2)18-17(22)13-19-9-11-20(12-10-19)15-5-7-16(21)8-6-15/h5-8,14,21H,3-4,9-13H2,1-2H3,(H,18,22)/p+1/t14-/m0/s1. The van der Waals surface area contributed by atoms with E-state index in [1.54, 1.807) is 12.1 Å². The fourth-order valence-electron chi connectivity index (χ4n) is 2.98. The van der Waals surface area contributed by atoms with Crippen LogP contribution in [0.1, 0.15) is 26.7 Å². The van der Waals surface area contributed by atoms with E-state index in [0.717, 1.165) is 44.7 Å².